The van der Waals surface area contributed by atoms with Crippen LogP contribution in [0.25, 0.3) is 11.0 Å². The fourth-order valence-corrected chi connectivity index (χ4v) is 3.91. The molecule has 0 unspecified atom stereocenters. The van der Waals surface area contributed by atoms with Crippen molar-refractivity contribution in [2.45, 2.75) is 13.8 Å². The lowest BCUT2D eigenvalue weighted by molar-refractivity contribution is -0.145. The quantitative estimate of drug-likeness (QED) is 0.243. The average Bonchev–Trinajstić information content (AvgIpc) is 2.73. The number of anilines is 1. The molecule has 0 aliphatic rings. The Kier molecular flexibility index (Phi) is 8.07. The van der Waals surface area contributed by atoms with Crippen LogP contribution in [0.1, 0.15) is 18.2 Å². The number of hydrogen-bond donors (Lipinski definition) is 1. The van der Waals surface area contributed by atoms with Gasteiger partial charge in [0, 0.05) is 17.2 Å². The molecule has 0 saturated carbocycles. The number of methoxy groups -OCH3 is 1. The monoisotopic (exact) mass is 512 g/mol. The van der Waals surface area contributed by atoms with Crippen molar-refractivity contribution in [2.75, 3.05) is 25.7 Å². The second kappa shape index (κ2) is 10.8. The predicted molar refractivity (Wildman–Crippen MR) is 129 cm³/mol. The molecule has 0 aliphatic carbocycles. The van der Waals surface area contributed by atoms with Crippen LogP contribution in [0.2, 0.25) is 15.1 Å². The number of esters is 1. The van der Waals surface area contributed by atoms with E-state index >= 15 is 0 Å². The Labute approximate surface area is 204 Å². The minimum atomic E-state index is -0.567. The summed E-state index contributed by atoms with van der Waals surface area (Å²) in [5.41, 5.74) is 3.25. The third-order valence-electron chi connectivity index (χ3n) is 4.33. The molecule has 33 heavy (non-hydrogen) atoms. The Morgan fingerprint density at radius 3 is 2.52 bits per heavy atom. The van der Waals surface area contributed by atoms with Gasteiger partial charge in [-0.25, -0.2) is 4.79 Å². The number of benzene rings is 2. The molecule has 1 aromatic heterocycles. The zero-order valence-electron chi connectivity index (χ0n) is 17.8. The van der Waals surface area contributed by atoms with E-state index in [0.717, 1.165) is 0 Å². The van der Waals surface area contributed by atoms with Gasteiger partial charge < -0.3 is 18.6 Å². The van der Waals surface area contributed by atoms with Gasteiger partial charge in [0.2, 0.25) is 0 Å². The molecule has 1 N–H and O–H groups in total. The number of hydrazone groups is 1. The molecule has 0 bridgehead atoms. The summed E-state index contributed by atoms with van der Waals surface area (Å²) in [7, 11) is 1.39. The molecular formula is C22H19Cl3N2O6. The van der Waals surface area contributed by atoms with Crippen LogP contribution in [-0.4, -0.2) is 32.5 Å². The van der Waals surface area contributed by atoms with Crippen molar-refractivity contribution in [3.8, 4) is 11.5 Å². The van der Waals surface area contributed by atoms with Gasteiger partial charge in [0.25, 0.3) is 0 Å². The van der Waals surface area contributed by atoms with Crippen molar-refractivity contribution >= 4 is 63.6 Å². The van der Waals surface area contributed by atoms with Crippen molar-refractivity contribution in [2.24, 2.45) is 5.10 Å². The summed E-state index contributed by atoms with van der Waals surface area (Å²) >= 11 is 18.3. The molecular weight excluding hydrogens is 495 g/mol. The summed E-state index contributed by atoms with van der Waals surface area (Å²) in [6.45, 7) is 3.16. The number of rotatable bonds is 8. The number of nitrogens with one attached hydrogen (secondary N) is 1. The number of halogens is 3. The van der Waals surface area contributed by atoms with Gasteiger partial charge in [0.1, 0.15) is 28.2 Å². The molecule has 3 aromatic rings. The summed E-state index contributed by atoms with van der Waals surface area (Å²) in [4.78, 5) is 24.5. The zero-order chi connectivity index (χ0) is 24.1. The number of fused-ring (bicyclic) bond motifs is 1. The van der Waals surface area contributed by atoms with Gasteiger partial charge in [0.15, 0.2) is 12.0 Å². The van der Waals surface area contributed by atoms with Crippen LogP contribution in [0.4, 0.5) is 5.69 Å². The lowest BCUT2D eigenvalue weighted by atomic mass is 10.1. The Morgan fingerprint density at radius 1 is 1.18 bits per heavy atom. The molecule has 3 rings (SSSR count). The minimum Gasteiger partial charge on any atom is -0.495 e. The van der Waals surface area contributed by atoms with Crippen LogP contribution in [-0.2, 0) is 9.53 Å². The van der Waals surface area contributed by atoms with Crippen molar-refractivity contribution in [3.05, 3.63) is 60.9 Å². The van der Waals surface area contributed by atoms with Crippen molar-refractivity contribution in [1.29, 1.82) is 0 Å². The van der Waals surface area contributed by atoms with Gasteiger partial charge in [-0.2, -0.15) is 5.10 Å². The lowest BCUT2D eigenvalue weighted by Gasteiger charge is -2.14. The van der Waals surface area contributed by atoms with Gasteiger partial charge in [-0.15, -0.1) is 0 Å². The normalized spacial score (nSPS) is 11.1. The number of carbonyl (C=O) groups excluding carboxylic acids is 1. The van der Waals surface area contributed by atoms with Gasteiger partial charge in [-0.3, -0.25) is 10.2 Å². The largest absolute Gasteiger partial charge is 0.495 e. The molecule has 174 valence electrons. The fraction of sp³-hybridized carbons (Fsp3) is 0.227. The first-order chi connectivity index (χ1) is 15.7. The number of aryl methyl sites for hydroxylation is 1. The summed E-state index contributed by atoms with van der Waals surface area (Å²) in [5, 5.41) is 5.22. The highest BCUT2D eigenvalue weighted by molar-refractivity contribution is 6.41. The van der Waals surface area contributed by atoms with E-state index in [1.807, 2.05) is 0 Å². The first-order valence-corrected chi connectivity index (χ1v) is 10.8. The van der Waals surface area contributed by atoms with E-state index in [1.165, 1.54) is 37.6 Å². The average molecular weight is 514 g/mol. The van der Waals surface area contributed by atoms with E-state index < -0.39 is 5.97 Å². The Bertz CT molecular complexity index is 1270. The number of ether oxygens (including phenoxy) is 3. The molecule has 1 heterocycles. The first kappa shape index (κ1) is 24.7. The molecule has 2 aromatic carbocycles. The van der Waals surface area contributed by atoms with Crippen LogP contribution in [0.5, 0.6) is 11.5 Å². The van der Waals surface area contributed by atoms with Crippen LogP contribution >= 0.6 is 34.8 Å². The van der Waals surface area contributed by atoms with Crippen LogP contribution < -0.4 is 20.3 Å². The van der Waals surface area contributed by atoms with E-state index in [2.05, 4.69) is 10.5 Å². The Hall–Kier alpha value is -2.94. The molecule has 0 fully saturated rings. The third-order valence-corrected chi connectivity index (χ3v) is 5.14. The van der Waals surface area contributed by atoms with Crippen molar-refractivity contribution in [3.63, 3.8) is 0 Å². The molecule has 0 atom stereocenters. The van der Waals surface area contributed by atoms with E-state index in [4.69, 9.17) is 53.4 Å². The van der Waals surface area contributed by atoms with Gasteiger partial charge in [-0.1, -0.05) is 34.8 Å². The second-order valence-electron chi connectivity index (χ2n) is 6.62. The number of hydrogen-bond acceptors (Lipinski definition) is 8. The van der Waals surface area contributed by atoms with E-state index in [0.29, 0.717) is 16.5 Å². The van der Waals surface area contributed by atoms with Gasteiger partial charge in [-0.05, 0) is 26.0 Å². The fourth-order valence-electron chi connectivity index (χ4n) is 3.00. The van der Waals surface area contributed by atoms with Gasteiger partial charge in [0.05, 0.1) is 41.2 Å². The molecule has 0 radical (unpaired) electrons. The standard InChI is InChI=1S/C22H19Cl3N2O6/c1-4-31-19(29)10-32-17-8-18-20(16(28)5-11(2)33-18)22(30-3)13(17)9-26-27-21-14(24)6-12(23)7-15(21)25/h5-9,27H,4,10H2,1-3H3/b26-9+. The molecule has 11 heteroatoms. The maximum Gasteiger partial charge on any atom is 0.344 e. The summed E-state index contributed by atoms with van der Waals surface area (Å²) in [6, 6.07) is 5.83. The summed E-state index contributed by atoms with van der Waals surface area (Å²) < 4.78 is 21.7. The molecule has 0 aliphatic heterocycles. The topological polar surface area (TPSA) is 99.4 Å². The maximum atomic E-state index is 12.6. The highest BCUT2D eigenvalue weighted by atomic mass is 35.5. The van der Waals surface area contributed by atoms with E-state index in [-0.39, 0.29) is 56.7 Å². The van der Waals surface area contributed by atoms with Crippen molar-refractivity contribution in [1.82, 2.24) is 0 Å². The lowest BCUT2D eigenvalue weighted by Crippen LogP contribution is -2.16. The minimum absolute atomic E-state index is 0.152. The van der Waals surface area contributed by atoms with E-state index in [9.17, 15) is 9.59 Å². The summed E-state index contributed by atoms with van der Waals surface area (Å²) in [6.07, 6.45) is 1.35. The molecule has 8 nitrogen and oxygen atoms in total. The Morgan fingerprint density at radius 2 is 1.88 bits per heavy atom. The van der Waals surface area contributed by atoms with Gasteiger partial charge >= 0.3 is 5.97 Å². The SMILES string of the molecule is CCOC(=O)COc1cc2oc(C)cc(=O)c2c(OC)c1/C=N/Nc1c(Cl)cc(Cl)cc1Cl. The van der Waals surface area contributed by atoms with E-state index in [1.54, 1.807) is 13.8 Å². The predicted octanol–water partition coefficient (Wildman–Crippen LogP) is 5.46. The summed E-state index contributed by atoms with van der Waals surface area (Å²) in [5.74, 6) is 0.169. The highest BCUT2D eigenvalue weighted by Crippen LogP contribution is 2.36. The maximum absolute atomic E-state index is 12.6. The molecule has 0 amide bonds. The Balaban J connectivity index is 2.08. The zero-order valence-corrected chi connectivity index (χ0v) is 20.1. The van der Waals surface area contributed by atoms with Crippen LogP contribution in [0, 0.1) is 6.92 Å². The van der Waals surface area contributed by atoms with Crippen molar-refractivity contribution < 1.29 is 23.4 Å². The molecule has 0 spiro atoms. The molecule has 0 saturated heterocycles. The number of carbonyl (C=O) groups is 1. The third kappa shape index (κ3) is 5.71. The first-order valence-electron chi connectivity index (χ1n) is 9.62. The second-order valence-corrected chi connectivity index (χ2v) is 7.88. The smallest absolute Gasteiger partial charge is 0.344 e. The number of nitrogens with zero attached hydrogens (tertiary/aromatic N) is 1. The van der Waals surface area contributed by atoms with Crippen LogP contribution in [0.3, 0.4) is 0 Å². The highest BCUT2D eigenvalue weighted by Gasteiger charge is 2.20. The van der Waals surface area contributed by atoms with Crippen LogP contribution in [0.15, 0.2) is 38.6 Å².